The molecule has 1 aromatic heterocycles. The van der Waals surface area contributed by atoms with Crippen LogP contribution in [0.4, 0.5) is 5.69 Å². The summed E-state index contributed by atoms with van der Waals surface area (Å²) >= 11 is 0. The lowest BCUT2D eigenvalue weighted by Crippen LogP contribution is -1.84. The smallest absolute Gasteiger partial charge is 0.227 e. The van der Waals surface area contributed by atoms with E-state index in [9.17, 15) is 5.11 Å². The molecule has 0 aliphatic rings. The second-order valence-corrected chi connectivity index (χ2v) is 6.22. The molecule has 0 atom stereocenters. The third-order valence-electron chi connectivity index (χ3n) is 4.22. The zero-order chi connectivity index (χ0) is 18.8. The summed E-state index contributed by atoms with van der Waals surface area (Å²) in [5, 5.41) is 9.93. The van der Waals surface area contributed by atoms with Crippen molar-refractivity contribution >= 4 is 23.0 Å². The van der Waals surface area contributed by atoms with E-state index in [0.717, 1.165) is 28.1 Å². The summed E-state index contributed by atoms with van der Waals surface area (Å²) in [6.07, 6.45) is 1.65. The molecule has 0 saturated heterocycles. The maximum Gasteiger partial charge on any atom is 0.227 e. The molecule has 0 aliphatic heterocycles. The molecule has 0 aliphatic carbocycles. The maximum atomic E-state index is 9.93. The Labute approximate surface area is 156 Å². The van der Waals surface area contributed by atoms with Crippen LogP contribution in [-0.2, 0) is 0 Å². The molecule has 0 radical (unpaired) electrons. The van der Waals surface area contributed by atoms with Crippen molar-refractivity contribution in [3.05, 3.63) is 71.8 Å². The number of methoxy groups -OCH3 is 1. The van der Waals surface area contributed by atoms with Crippen LogP contribution in [0.1, 0.15) is 11.1 Å². The number of aromatic nitrogens is 1. The molecular formula is C22H18N2O3. The van der Waals surface area contributed by atoms with Crippen molar-refractivity contribution in [3.63, 3.8) is 0 Å². The second-order valence-electron chi connectivity index (χ2n) is 6.22. The van der Waals surface area contributed by atoms with Crippen LogP contribution < -0.4 is 4.74 Å². The predicted octanol–water partition coefficient (Wildman–Crippen LogP) is 5.27. The van der Waals surface area contributed by atoms with Crippen molar-refractivity contribution in [2.24, 2.45) is 4.99 Å². The van der Waals surface area contributed by atoms with Crippen LogP contribution in [0.2, 0.25) is 0 Å². The van der Waals surface area contributed by atoms with Gasteiger partial charge >= 0.3 is 0 Å². The monoisotopic (exact) mass is 358 g/mol. The Balaban J connectivity index is 1.66. The number of aromatic hydroxyl groups is 1. The third kappa shape index (κ3) is 3.53. The number of oxazole rings is 1. The molecule has 134 valence electrons. The summed E-state index contributed by atoms with van der Waals surface area (Å²) in [6, 6.07) is 18.5. The standard InChI is InChI=1S/C22H18N2O3/c1-14-6-8-20(25)16(10-14)13-23-17-7-9-21-19(12-17)24-22(27-21)15-4-3-5-18(11-15)26-2/h3-13,25H,1-2H3. The molecule has 3 aromatic carbocycles. The highest BCUT2D eigenvalue weighted by atomic mass is 16.5. The van der Waals surface area contributed by atoms with E-state index in [2.05, 4.69) is 9.98 Å². The first kappa shape index (κ1) is 16.8. The van der Waals surface area contributed by atoms with Crippen molar-refractivity contribution in [2.45, 2.75) is 6.92 Å². The van der Waals surface area contributed by atoms with Crippen molar-refractivity contribution < 1.29 is 14.3 Å². The van der Waals surface area contributed by atoms with Crippen LogP contribution >= 0.6 is 0 Å². The van der Waals surface area contributed by atoms with Gasteiger partial charge in [-0.1, -0.05) is 17.7 Å². The molecular weight excluding hydrogens is 340 g/mol. The lowest BCUT2D eigenvalue weighted by atomic mass is 10.1. The minimum atomic E-state index is 0.201. The van der Waals surface area contributed by atoms with Crippen LogP contribution in [0.5, 0.6) is 11.5 Å². The fourth-order valence-corrected chi connectivity index (χ4v) is 2.80. The number of phenolic OH excluding ortho intramolecular Hbond substituents is 1. The van der Waals surface area contributed by atoms with E-state index in [1.54, 1.807) is 19.4 Å². The average molecular weight is 358 g/mol. The number of fused-ring (bicyclic) bond motifs is 1. The quantitative estimate of drug-likeness (QED) is 0.505. The molecule has 4 aromatic rings. The van der Waals surface area contributed by atoms with E-state index >= 15 is 0 Å². The Morgan fingerprint density at radius 2 is 1.96 bits per heavy atom. The van der Waals surface area contributed by atoms with E-state index in [1.807, 2.05) is 61.5 Å². The average Bonchev–Trinajstić information content (AvgIpc) is 3.12. The molecule has 4 rings (SSSR count). The van der Waals surface area contributed by atoms with Crippen molar-refractivity contribution in [2.75, 3.05) is 7.11 Å². The van der Waals surface area contributed by atoms with Gasteiger partial charge in [0.05, 0.1) is 12.8 Å². The summed E-state index contributed by atoms with van der Waals surface area (Å²) in [5.41, 5.74) is 4.71. The summed E-state index contributed by atoms with van der Waals surface area (Å²) < 4.78 is 11.1. The molecule has 0 spiro atoms. The van der Waals surface area contributed by atoms with E-state index in [4.69, 9.17) is 9.15 Å². The SMILES string of the molecule is COc1cccc(-c2nc3cc(N=Cc4cc(C)ccc4O)ccc3o2)c1. The summed E-state index contributed by atoms with van der Waals surface area (Å²) in [5.74, 6) is 1.48. The fourth-order valence-electron chi connectivity index (χ4n) is 2.80. The number of rotatable bonds is 4. The van der Waals surface area contributed by atoms with Crippen LogP contribution in [0, 0.1) is 6.92 Å². The number of nitrogens with zero attached hydrogens (tertiary/aromatic N) is 2. The maximum absolute atomic E-state index is 9.93. The van der Waals surface area contributed by atoms with E-state index < -0.39 is 0 Å². The lowest BCUT2D eigenvalue weighted by Gasteiger charge is -2.00. The minimum absolute atomic E-state index is 0.201. The second kappa shape index (κ2) is 6.96. The fraction of sp³-hybridized carbons (Fsp3) is 0.0909. The van der Waals surface area contributed by atoms with Gasteiger partial charge in [-0.05, 0) is 55.5 Å². The Morgan fingerprint density at radius 1 is 1.07 bits per heavy atom. The molecule has 5 nitrogen and oxygen atoms in total. The van der Waals surface area contributed by atoms with Gasteiger partial charge in [-0.25, -0.2) is 4.98 Å². The van der Waals surface area contributed by atoms with Gasteiger partial charge in [0.1, 0.15) is 17.0 Å². The number of aliphatic imine (C=N–C) groups is 1. The summed E-state index contributed by atoms with van der Waals surface area (Å²) in [4.78, 5) is 9.01. The molecule has 5 heteroatoms. The highest BCUT2D eigenvalue weighted by Crippen LogP contribution is 2.29. The van der Waals surface area contributed by atoms with Crippen molar-refractivity contribution in [3.8, 4) is 23.0 Å². The van der Waals surface area contributed by atoms with E-state index in [0.29, 0.717) is 17.0 Å². The van der Waals surface area contributed by atoms with Crippen molar-refractivity contribution in [1.82, 2.24) is 4.98 Å². The third-order valence-corrected chi connectivity index (χ3v) is 4.22. The van der Waals surface area contributed by atoms with Gasteiger partial charge in [-0.3, -0.25) is 4.99 Å². The van der Waals surface area contributed by atoms with Crippen LogP contribution in [0.25, 0.3) is 22.6 Å². The van der Waals surface area contributed by atoms with Gasteiger partial charge in [0.15, 0.2) is 5.58 Å². The van der Waals surface area contributed by atoms with Crippen molar-refractivity contribution in [1.29, 1.82) is 0 Å². The summed E-state index contributed by atoms with van der Waals surface area (Å²) in [7, 11) is 1.63. The first-order valence-electron chi connectivity index (χ1n) is 8.51. The molecule has 0 unspecified atom stereocenters. The zero-order valence-corrected chi connectivity index (χ0v) is 15.0. The van der Waals surface area contributed by atoms with Gasteiger partial charge in [0.25, 0.3) is 0 Å². The molecule has 1 heterocycles. The Hall–Kier alpha value is -3.60. The highest BCUT2D eigenvalue weighted by molar-refractivity contribution is 5.87. The normalized spacial score (nSPS) is 11.3. The van der Waals surface area contributed by atoms with Gasteiger partial charge in [-0.15, -0.1) is 0 Å². The molecule has 0 bridgehead atoms. The largest absolute Gasteiger partial charge is 0.507 e. The van der Waals surface area contributed by atoms with Gasteiger partial charge in [-0.2, -0.15) is 0 Å². The number of phenols is 1. The van der Waals surface area contributed by atoms with Crippen LogP contribution in [0.3, 0.4) is 0 Å². The molecule has 1 N–H and O–H groups in total. The number of benzene rings is 3. The highest BCUT2D eigenvalue weighted by Gasteiger charge is 2.09. The van der Waals surface area contributed by atoms with Gasteiger partial charge < -0.3 is 14.3 Å². The molecule has 0 amide bonds. The Bertz CT molecular complexity index is 1150. The first-order chi connectivity index (χ1) is 13.1. The van der Waals surface area contributed by atoms with Gasteiger partial charge in [0.2, 0.25) is 5.89 Å². The minimum Gasteiger partial charge on any atom is -0.507 e. The number of ether oxygens (including phenoxy) is 1. The van der Waals surface area contributed by atoms with Gasteiger partial charge in [0, 0.05) is 17.3 Å². The van der Waals surface area contributed by atoms with Crippen LogP contribution in [-0.4, -0.2) is 23.4 Å². The topological polar surface area (TPSA) is 67.9 Å². The molecule has 0 fully saturated rings. The summed E-state index contributed by atoms with van der Waals surface area (Å²) in [6.45, 7) is 1.97. The zero-order valence-electron chi connectivity index (χ0n) is 15.0. The molecule has 27 heavy (non-hydrogen) atoms. The Kier molecular flexibility index (Phi) is 4.34. The lowest BCUT2D eigenvalue weighted by molar-refractivity contribution is 0.415. The number of hydrogen-bond donors (Lipinski definition) is 1. The Morgan fingerprint density at radius 3 is 2.81 bits per heavy atom. The number of aryl methyl sites for hydroxylation is 1. The predicted molar refractivity (Wildman–Crippen MR) is 106 cm³/mol. The molecule has 0 saturated carbocycles. The van der Waals surface area contributed by atoms with E-state index in [-0.39, 0.29) is 5.75 Å². The number of hydrogen-bond acceptors (Lipinski definition) is 5. The van der Waals surface area contributed by atoms with E-state index in [1.165, 1.54) is 0 Å². The van der Waals surface area contributed by atoms with Crippen LogP contribution in [0.15, 0.2) is 70.1 Å². The first-order valence-corrected chi connectivity index (χ1v) is 8.51.